The van der Waals surface area contributed by atoms with Gasteiger partial charge >= 0.3 is 0 Å². The molecule has 0 radical (unpaired) electrons. The SMILES string of the molecule is CC1C=CC(c2nc3ccccc3n2-c2ccccc2)=CC1. The van der Waals surface area contributed by atoms with E-state index >= 15 is 0 Å². The second-order valence-electron chi connectivity index (χ2n) is 5.83. The standard InChI is InChI=1S/C20H18N2/c1-15-11-13-16(14-12-15)20-21-18-9-5-6-10-19(18)22(20)17-7-3-2-4-8-17/h2-11,13-15H,12H2,1H3. The summed E-state index contributed by atoms with van der Waals surface area (Å²) in [5.41, 5.74) is 4.54. The molecule has 1 unspecified atom stereocenters. The molecule has 22 heavy (non-hydrogen) atoms. The zero-order valence-electron chi connectivity index (χ0n) is 12.6. The number of hydrogen-bond acceptors (Lipinski definition) is 1. The molecule has 1 heterocycles. The van der Waals surface area contributed by atoms with Crippen LogP contribution in [0, 0.1) is 5.92 Å². The Morgan fingerprint density at radius 3 is 2.55 bits per heavy atom. The number of hydrogen-bond donors (Lipinski definition) is 0. The molecule has 0 saturated heterocycles. The maximum Gasteiger partial charge on any atom is 0.145 e. The number of fused-ring (bicyclic) bond motifs is 1. The predicted octanol–water partition coefficient (Wildman–Crippen LogP) is 5.00. The van der Waals surface area contributed by atoms with Gasteiger partial charge in [0.15, 0.2) is 0 Å². The molecule has 0 amide bonds. The molecule has 1 aliphatic rings. The molecule has 4 rings (SSSR count). The first-order chi connectivity index (χ1) is 10.8. The third-order valence-corrected chi connectivity index (χ3v) is 4.15. The molecule has 2 heteroatoms. The molecule has 1 aromatic heterocycles. The van der Waals surface area contributed by atoms with Crippen molar-refractivity contribution in [2.24, 2.45) is 5.92 Å². The van der Waals surface area contributed by atoms with Gasteiger partial charge in [-0.25, -0.2) is 4.98 Å². The van der Waals surface area contributed by atoms with Gasteiger partial charge in [-0.05, 0) is 36.6 Å². The molecule has 2 nitrogen and oxygen atoms in total. The molecular weight excluding hydrogens is 268 g/mol. The zero-order valence-corrected chi connectivity index (χ0v) is 12.6. The lowest BCUT2D eigenvalue weighted by Crippen LogP contribution is -2.02. The van der Waals surface area contributed by atoms with E-state index in [2.05, 4.69) is 72.2 Å². The minimum atomic E-state index is 0.610. The molecule has 0 N–H and O–H groups in total. The average molecular weight is 286 g/mol. The molecule has 1 aliphatic carbocycles. The Morgan fingerprint density at radius 2 is 1.77 bits per heavy atom. The van der Waals surface area contributed by atoms with Crippen LogP contribution in [-0.2, 0) is 0 Å². The largest absolute Gasteiger partial charge is 0.292 e. The molecule has 108 valence electrons. The summed E-state index contributed by atoms with van der Waals surface area (Å²) >= 11 is 0. The Balaban J connectivity index is 1.97. The van der Waals surface area contributed by atoms with E-state index in [4.69, 9.17) is 4.98 Å². The Hall–Kier alpha value is -2.61. The molecule has 0 bridgehead atoms. The third-order valence-electron chi connectivity index (χ3n) is 4.15. The second kappa shape index (κ2) is 5.30. The number of rotatable bonds is 2. The molecule has 2 aromatic carbocycles. The van der Waals surface area contributed by atoms with Crippen LogP contribution in [0.15, 0.2) is 72.8 Å². The Kier molecular flexibility index (Phi) is 3.15. The summed E-state index contributed by atoms with van der Waals surface area (Å²) in [7, 11) is 0. The van der Waals surface area contributed by atoms with Crippen LogP contribution >= 0.6 is 0 Å². The van der Waals surface area contributed by atoms with Crippen molar-refractivity contribution in [3.05, 3.63) is 78.6 Å². The van der Waals surface area contributed by atoms with Gasteiger partial charge < -0.3 is 0 Å². The highest BCUT2D eigenvalue weighted by Gasteiger charge is 2.16. The van der Waals surface area contributed by atoms with Crippen molar-refractivity contribution >= 4 is 16.6 Å². The Morgan fingerprint density at radius 1 is 1.00 bits per heavy atom. The van der Waals surface area contributed by atoms with Crippen molar-refractivity contribution in [2.45, 2.75) is 13.3 Å². The first-order valence-electron chi connectivity index (χ1n) is 7.74. The van der Waals surface area contributed by atoms with E-state index in [0.29, 0.717) is 5.92 Å². The van der Waals surface area contributed by atoms with E-state index < -0.39 is 0 Å². The van der Waals surface area contributed by atoms with E-state index in [9.17, 15) is 0 Å². The smallest absolute Gasteiger partial charge is 0.145 e. The molecule has 0 fully saturated rings. The highest BCUT2D eigenvalue weighted by molar-refractivity contribution is 5.84. The van der Waals surface area contributed by atoms with E-state index in [-0.39, 0.29) is 0 Å². The average Bonchev–Trinajstić information content (AvgIpc) is 2.96. The predicted molar refractivity (Wildman–Crippen MR) is 92.0 cm³/mol. The van der Waals surface area contributed by atoms with Gasteiger partial charge in [0.1, 0.15) is 5.82 Å². The van der Waals surface area contributed by atoms with Crippen molar-refractivity contribution in [1.82, 2.24) is 9.55 Å². The van der Waals surface area contributed by atoms with Crippen molar-refractivity contribution in [1.29, 1.82) is 0 Å². The highest BCUT2D eigenvalue weighted by Crippen LogP contribution is 2.29. The fraction of sp³-hybridized carbons (Fsp3) is 0.150. The van der Waals surface area contributed by atoms with E-state index in [0.717, 1.165) is 29.0 Å². The summed E-state index contributed by atoms with van der Waals surface area (Å²) in [5.74, 6) is 1.63. The molecule has 0 spiro atoms. The van der Waals surface area contributed by atoms with E-state index in [1.54, 1.807) is 0 Å². The van der Waals surface area contributed by atoms with Crippen LogP contribution in [0.1, 0.15) is 19.2 Å². The van der Waals surface area contributed by atoms with Gasteiger partial charge in [-0.15, -0.1) is 0 Å². The van der Waals surface area contributed by atoms with Gasteiger partial charge in [-0.3, -0.25) is 4.57 Å². The zero-order chi connectivity index (χ0) is 14.9. The summed E-state index contributed by atoms with van der Waals surface area (Å²) < 4.78 is 2.25. The molecular formula is C20H18N2. The minimum Gasteiger partial charge on any atom is -0.292 e. The van der Waals surface area contributed by atoms with Crippen LogP contribution in [0.2, 0.25) is 0 Å². The number of imidazole rings is 1. The van der Waals surface area contributed by atoms with Crippen LogP contribution in [-0.4, -0.2) is 9.55 Å². The van der Waals surface area contributed by atoms with Crippen LogP contribution in [0.5, 0.6) is 0 Å². The van der Waals surface area contributed by atoms with Crippen LogP contribution in [0.4, 0.5) is 0 Å². The summed E-state index contributed by atoms with van der Waals surface area (Å²) in [4.78, 5) is 4.88. The lowest BCUT2D eigenvalue weighted by atomic mass is 9.98. The van der Waals surface area contributed by atoms with Gasteiger partial charge in [0, 0.05) is 11.3 Å². The normalized spacial score (nSPS) is 17.7. The van der Waals surface area contributed by atoms with Gasteiger partial charge in [-0.1, -0.05) is 55.5 Å². The summed E-state index contributed by atoms with van der Waals surface area (Å²) in [6.07, 6.45) is 7.84. The third kappa shape index (κ3) is 2.17. The summed E-state index contributed by atoms with van der Waals surface area (Å²) in [6, 6.07) is 18.8. The van der Waals surface area contributed by atoms with Crippen molar-refractivity contribution in [2.75, 3.05) is 0 Å². The second-order valence-corrected chi connectivity index (χ2v) is 5.83. The molecule has 0 saturated carbocycles. The van der Waals surface area contributed by atoms with Gasteiger partial charge in [0.05, 0.1) is 11.0 Å². The molecule has 1 atom stereocenters. The monoisotopic (exact) mass is 286 g/mol. The number of benzene rings is 2. The van der Waals surface area contributed by atoms with Gasteiger partial charge in [-0.2, -0.15) is 0 Å². The molecule has 0 aliphatic heterocycles. The fourth-order valence-corrected chi connectivity index (χ4v) is 2.95. The Bertz CT molecular complexity index is 869. The first kappa shape index (κ1) is 13.1. The van der Waals surface area contributed by atoms with Crippen molar-refractivity contribution in [3.8, 4) is 5.69 Å². The van der Waals surface area contributed by atoms with Crippen molar-refractivity contribution < 1.29 is 0 Å². The van der Waals surface area contributed by atoms with Crippen molar-refractivity contribution in [3.63, 3.8) is 0 Å². The van der Waals surface area contributed by atoms with Crippen LogP contribution < -0.4 is 0 Å². The Labute approximate surface area is 130 Å². The van der Waals surface area contributed by atoms with E-state index in [1.165, 1.54) is 5.57 Å². The van der Waals surface area contributed by atoms with Crippen LogP contribution in [0.25, 0.3) is 22.3 Å². The first-order valence-corrected chi connectivity index (χ1v) is 7.74. The minimum absolute atomic E-state index is 0.610. The summed E-state index contributed by atoms with van der Waals surface area (Å²) in [5, 5.41) is 0. The lowest BCUT2D eigenvalue weighted by Gasteiger charge is -2.14. The van der Waals surface area contributed by atoms with Gasteiger partial charge in [0.2, 0.25) is 0 Å². The lowest BCUT2D eigenvalue weighted by molar-refractivity contribution is 0.738. The maximum atomic E-state index is 4.88. The maximum absolute atomic E-state index is 4.88. The molecule has 3 aromatic rings. The quantitative estimate of drug-likeness (QED) is 0.648. The fourth-order valence-electron chi connectivity index (χ4n) is 2.95. The number of para-hydroxylation sites is 3. The summed E-state index contributed by atoms with van der Waals surface area (Å²) in [6.45, 7) is 2.24. The van der Waals surface area contributed by atoms with Crippen LogP contribution in [0.3, 0.4) is 0 Å². The highest BCUT2D eigenvalue weighted by atomic mass is 15.1. The topological polar surface area (TPSA) is 17.8 Å². The number of allylic oxidation sites excluding steroid dienone is 4. The number of aromatic nitrogens is 2. The number of nitrogens with zero attached hydrogens (tertiary/aromatic N) is 2. The van der Waals surface area contributed by atoms with Gasteiger partial charge in [0.25, 0.3) is 0 Å². The van der Waals surface area contributed by atoms with E-state index in [1.807, 2.05) is 12.1 Å².